The molecule has 1 rings (SSSR count). The molecule has 0 aromatic rings. The van der Waals surface area contributed by atoms with E-state index in [2.05, 4.69) is 23.9 Å². The Morgan fingerprint density at radius 3 is 2.39 bits per heavy atom. The van der Waals surface area contributed by atoms with Gasteiger partial charge in [-0.05, 0) is 44.2 Å². The van der Waals surface area contributed by atoms with Crippen LogP contribution in [0.4, 0.5) is 0 Å². The van der Waals surface area contributed by atoms with Crippen molar-refractivity contribution in [2.45, 2.75) is 33.1 Å². The maximum absolute atomic E-state index is 12.0. The molecule has 0 amide bonds. The lowest BCUT2D eigenvalue weighted by Gasteiger charge is -2.23. The van der Waals surface area contributed by atoms with Crippen LogP contribution in [0.2, 0.25) is 0 Å². The van der Waals surface area contributed by atoms with Gasteiger partial charge in [0.1, 0.15) is 0 Å². The minimum atomic E-state index is -3.31. The molecule has 6 heteroatoms. The summed E-state index contributed by atoms with van der Waals surface area (Å²) in [6, 6.07) is 0. The van der Waals surface area contributed by atoms with E-state index < -0.39 is 10.2 Å². The quantitative estimate of drug-likeness (QED) is 0.613. The van der Waals surface area contributed by atoms with E-state index in [0.29, 0.717) is 19.0 Å². The summed E-state index contributed by atoms with van der Waals surface area (Å²) in [5.41, 5.74) is 0.207. The summed E-state index contributed by atoms with van der Waals surface area (Å²) < 4.78 is 28.2. The topological polar surface area (TPSA) is 61.4 Å². The number of nitrogens with zero attached hydrogens (tertiary/aromatic N) is 1. The Kier molecular flexibility index (Phi) is 5.58. The molecule has 2 N–H and O–H groups in total. The van der Waals surface area contributed by atoms with Gasteiger partial charge in [-0.3, -0.25) is 0 Å². The molecule has 5 nitrogen and oxygen atoms in total. The second kappa shape index (κ2) is 6.32. The van der Waals surface area contributed by atoms with Crippen molar-refractivity contribution in [3.8, 4) is 0 Å². The molecule has 0 radical (unpaired) electrons. The zero-order valence-corrected chi connectivity index (χ0v) is 12.8. The van der Waals surface area contributed by atoms with Crippen LogP contribution < -0.4 is 10.0 Å². The molecule has 1 saturated carbocycles. The van der Waals surface area contributed by atoms with Gasteiger partial charge < -0.3 is 5.32 Å². The molecule has 0 atom stereocenters. The maximum Gasteiger partial charge on any atom is 0.279 e. The Balaban J connectivity index is 2.40. The number of hydrogen-bond donors (Lipinski definition) is 2. The van der Waals surface area contributed by atoms with E-state index >= 15 is 0 Å². The van der Waals surface area contributed by atoms with Gasteiger partial charge in [-0.25, -0.2) is 4.72 Å². The molecular formula is C12H27N3O2S. The normalized spacial score (nSPS) is 18.6. The molecule has 18 heavy (non-hydrogen) atoms. The van der Waals surface area contributed by atoms with Crippen LogP contribution in [-0.4, -0.2) is 46.5 Å². The predicted octanol–water partition coefficient (Wildman–Crippen LogP) is 0.798. The molecule has 1 aliphatic rings. The smallest absolute Gasteiger partial charge is 0.279 e. The van der Waals surface area contributed by atoms with E-state index in [4.69, 9.17) is 0 Å². The Hall–Kier alpha value is -0.170. The summed E-state index contributed by atoms with van der Waals surface area (Å²) in [7, 11) is 0.187. The molecule has 1 fully saturated rings. The molecule has 1 aliphatic carbocycles. The minimum Gasteiger partial charge on any atom is -0.320 e. The Morgan fingerprint density at radius 1 is 1.33 bits per heavy atom. The lowest BCUT2D eigenvalue weighted by molar-refractivity contribution is 0.351. The van der Waals surface area contributed by atoms with Crippen LogP contribution in [0, 0.1) is 11.3 Å². The fourth-order valence-corrected chi connectivity index (χ4v) is 3.12. The van der Waals surface area contributed by atoms with Gasteiger partial charge in [-0.15, -0.1) is 0 Å². The van der Waals surface area contributed by atoms with Crippen LogP contribution in [0.15, 0.2) is 0 Å². The standard InChI is InChI=1S/C12H27N3O2S/c1-11(2)12(6-7-12)10-14-18(16,17)15(4)9-5-8-13-3/h11,13-14H,5-10H2,1-4H3. The third kappa shape index (κ3) is 4.19. The van der Waals surface area contributed by atoms with Crippen LogP contribution in [-0.2, 0) is 10.2 Å². The SMILES string of the molecule is CNCCCN(C)S(=O)(=O)NCC1(C(C)C)CC1. The molecule has 0 aromatic carbocycles. The van der Waals surface area contributed by atoms with Crippen molar-refractivity contribution in [3.63, 3.8) is 0 Å². The summed E-state index contributed by atoms with van der Waals surface area (Å²) in [5, 5.41) is 3.01. The third-order valence-corrected chi connectivity index (χ3v) is 5.55. The first-order valence-corrected chi connectivity index (χ1v) is 8.13. The first-order valence-electron chi connectivity index (χ1n) is 6.69. The van der Waals surface area contributed by atoms with Crippen LogP contribution >= 0.6 is 0 Å². The second-order valence-electron chi connectivity index (χ2n) is 5.62. The highest BCUT2D eigenvalue weighted by Crippen LogP contribution is 2.51. The number of nitrogens with one attached hydrogen (secondary N) is 2. The molecular weight excluding hydrogens is 250 g/mol. The Labute approximate surface area is 112 Å². The lowest BCUT2D eigenvalue weighted by Crippen LogP contribution is -2.42. The van der Waals surface area contributed by atoms with Crippen LogP contribution in [0.1, 0.15) is 33.1 Å². The molecule has 0 spiro atoms. The summed E-state index contributed by atoms with van der Waals surface area (Å²) in [4.78, 5) is 0. The maximum atomic E-state index is 12.0. The van der Waals surface area contributed by atoms with Crippen molar-refractivity contribution in [3.05, 3.63) is 0 Å². The fourth-order valence-electron chi connectivity index (χ4n) is 2.06. The number of hydrogen-bond acceptors (Lipinski definition) is 3. The highest BCUT2D eigenvalue weighted by molar-refractivity contribution is 7.87. The second-order valence-corrected chi connectivity index (χ2v) is 7.48. The molecule has 0 bridgehead atoms. The van der Waals surface area contributed by atoms with E-state index in [0.717, 1.165) is 25.8 Å². The molecule has 108 valence electrons. The van der Waals surface area contributed by atoms with Gasteiger partial charge in [0, 0.05) is 20.1 Å². The largest absolute Gasteiger partial charge is 0.320 e. The van der Waals surface area contributed by atoms with Gasteiger partial charge in [0.15, 0.2) is 0 Å². The average Bonchev–Trinajstić information content (AvgIpc) is 3.08. The highest BCUT2D eigenvalue weighted by atomic mass is 32.2. The Bertz CT molecular complexity index is 350. The molecule has 0 unspecified atom stereocenters. The van der Waals surface area contributed by atoms with Crippen molar-refractivity contribution in [1.29, 1.82) is 0 Å². The van der Waals surface area contributed by atoms with Crippen LogP contribution in [0.5, 0.6) is 0 Å². The summed E-state index contributed by atoms with van der Waals surface area (Å²) in [5.74, 6) is 0.537. The monoisotopic (exact) mass is 277 g/mol. The van der Waals surface area contributed by atoms with Gasteiger partial charge in [0.25, 0.3) is 10.2 Å². The van der Waals surface area contributed by atoms with Crippen molar-refractivity contribution >= 4 is 10.2 Å². The summed E-state index contributed by atoms with van der Waals surface area (Å²) in [6.07, 6.45) is 3.09. The zero-order valence-electron chi connectivity index (χ0n) is 12.0. The first kappa shape index (κ1) is 15.9. The van der Waals surface area contributed by atoms with E-state index in [1.165, 1.54) is 4.31 Å². The first-order chi connectivity index (χ1) is 8.34. The van der Waals surface area contributed by atoms with Gasteiger partial charge in [0.05, 0.1) is 0 Å². The average molecular weight is 277 g/mol. The van der Waals surface area contributed by atoms with Gasteiger partial charge >= 0.3 is 0 Å². The van der Waals surface area contributed by atoms with Crippen molar-refractivity contribution in [2.24, 2.45) is 11.3 Å². The summed E-state index contributed by atoms with van der Waals surface area (Å²) in [6.45, 7) is 6.28. The molecule has 0 saturated heterocycles. The number of rotatable bonds is 9. The molecule has 0 aliphatic heterocycles. The molecule has 0 aromatic heterocycles. The van der Waals surface area contributed by atoms with E-state index in [9.17, 15) is 8.42 Å². The van der Waals surface area contributed by atoms with Crippen LogP contribution in [0.3, 0.4) is 0 Å². The predicted molar refractivity (Wildman–Crippen MR) is 74.6 cm³/mol. The Morgan fingerprint density at radius 2 is 1.94 bits per heavy atom. The molecule has 0 heterocycles. The highest BCUT2D eigenvalue weighted by Gasteiger charge is 2.45. The lowest BCUT2D eigenvalue weighted by atomic mass is 9.93. The minimum absolute atomic E-state index is 0.207. The van der Waals surface area contributed by atoms with E-state index in [-0.39, 0.29) is 5.41 Å². The zero-order chi connectivity index (χ0) is 13.8. The van der Waals surface area contributed by atoms with Crippen molar-refractivity contribution < 1.29 is 8.42 Å². The van der Waals surface area contributed by atoms with E-state index in [1.807, 2.05) is 7.05 Å². The van der Waals surface area contributed by atoms with Gasteiger partial charge in [-0.2, -0.15) is 12.7 Å². The van der Waals surface area contributed by atoms with E-state index in [1.54, 1.807) is 7.05 Å². The van der Waals surface area contributed by atoms with Crippen molar-refractivity contribution in [1.82, 2.24) is 14.3 Å². The fraction of sp³-hybridized carbons (Fsp3) is 1.00. The van der Waals surface area contributed by atoms with Crippen molar-refractivity contribution in [2.75, 3.05) is 33.7 Å². The van der Waals surface area contributed by atoms with Gasteiger partial charge in [-0.1, -0.05) is 13.8 Å². The van der Waals surface area contributed by atoms with Crippen LogP contribution in [0.25, 0.3) is 0 Å². The van der Waals surface area contributed by atoms with Gasteiger partial charge in [0.2, 0.25) is 0 Å². The third-order valence-electron chi connectivity index (χ3n) is 4.03. The summed E-state index contributed by atoms with van der Waals surface area (Å²) >= 11 is 0.